The molecule has 0 aliphatic heterocycles. The first-order valence-corrected chi connectivity index (χ1v) is 5.26. The molecule has 0 fully saturated rings. The van der Waals surface area contributed by atoms with Gasteiger partial charge >= 0.3 is 0 Å². The molecule has 1 heterocycles. The van der Waals surface area contributed by atoms with Crippen molar-refractivity contribution >= 4 is 11.6 Å². The molecule has 1 aromatic heterocycles. The van der Waals surface area contributed by atoms with Crippen molar-refractivity contribution in [3.63, 3.8) is 0 Å². The van der Waals surface area contributed by atoms with Crippen LogP contribution in [0, 0.1) is 6.92 Å². The molecule has 0 saturated carbocycles. The molecule has 1 atom stereocenters. The molecule has 1 N–H and O–H groups in total. The summed E-state index contributed by atoms with van der Waals surface area (Å²) < 4.78 is 0. The predicted octanol–water partition coefficient (Wildman–Crippen LogP) is 2.52. The van der Waals surface area contributed by atoms with Crippen LogP contribution in [0.2, 0.25) is 5.02 Å². The van der Waals surface area contributed by atoms with E-state index < -0.39 is 6.10 Å². The Morgan fingerprint density at radius 2 is 2.12 bits per heavy atom. The Kier molecular flexibility index (Phi) is 3.17. The van der Waals surface area contributed by atoms with Gasteiger partial charge in [0.15, 0.2) is 0 Å². The van der Waals surface area contributed by atoms with Crippen LogP contribution in [0.3, 0.4) is 0 Å². The number of halogens is 1. The van der Waals surface area contributed by atoms with Crippen LogP contribution in [0.25, 0.3) is 0 Å². The van der Waals surface area contributed by atoms with E-state index in [9.17, 15) is 5.11 Å². The van der Waals surface area contributed by atoms with E-state index in [1.165, 1.54) is 6.33 Å². The summed E-state index contributed by atoms with van der Waals surface area (Å²) in [4.78, 5) is 7.81. The van der Waals surface area contributed by atoms with Crippen molar-refractivity contribution in [3.05, 3.63) is 58.6 Å². The van der Waals surface area contributed by atoms with Crippen molar-refractivity contribution in [2.75, 3.05) is 0 Å². The summed E-state index contributed by atoms with van der Waals surface area (Å²) in [6, 6.07) is 7.15. The SMILES string of the molecule is Cc1ccc(C(O)c2ccncn2)cc1Cl. The smallest absolute Gasteiger partial charge is 0.121 e. The van der Waals surface area contributed by atoms with Gasteiger partial charge in [0, 0.05) is 11.2 Å². The van der Waals surface area contributed by atoms with Crippen molar-refractivity contribution in [3.8, 4) is 0 Å². The second kappa shape index (κ2) is 4.60. The van der Waals surface area contributed by atoms with Crippen molar-refractivity contribution < 1.29 is 5.11 Å². The van der Waals surface area contributed by atoms with Crippen LogP contribution in [0.4, 0.5) is 0 Å². The van der Waals surface area contributed by atoms with Crippen LogP contribution in [0.5, 0.6) is 0 Å². The minimum Gasteiger partial charge on any atom is -0.382 e. The molecule has 16 heavy (non-hydrogen) atoms. The second-order valence-corrected chi connectivity index (χ2v) is 3.95. The standard InChI is InChI=1S/C12H11ClN2O/c1-8-2-3-9(6-10(8)13)12(16)11-4-5-14-7-15-11/h2-7,12,16H,1H3. The van der Waals surface area contributed by atoms with Gasteiger partial charge in [-0.05, 0) is 30.2 Å². The maximum absolute atomic E-state index is 10.1. The summed E-state index contributed by atoms with van der Waals surface area (Å²) in [5.74, 6) is 0. The summed E-state index contributed by atoms with van der Waals surface area (Å²) in [5, 5.41) is 10.7. The van der Waals surface area contributed by atoms with Crippen LogP contribution in [-0.4, -0.2) is 15.1 Å². The van der Waals surface area contributed by atoms with Gasteiger partial charge in [0.25, 0.3) is 0 Å². The quantitative estimate of drug-likeness (QED) is 0.869. The van der Waals surface area contributed by atoms with E-state index in [4.69, 9.17) is 11.6 Å². The van der Waals surface area contributed by atoms with Gasteiger partial charge in [-0.1, -0.05) is 23.7 Å². The summed E-state index contributed by atoms with van der Waals surface area (Å²) in [6.07, 6.45) is 2.25. The minimum absolute atomic E-state index is 0.565. The van der Waals surface area contributed by atoms with Crippen molar-refractivity contribution in [2.24, 2.45) is 0 Å². The topological polar surface area (TPSA) is 46.0 Å². The summed E-state index contributed by atoms with van der Waals surface area (Å²) in [7, 11) is 0. The van der Waals surface area contributed by atoms with E-state index in [0.717, 1.165) is 11.1 Å². The number of hydrogen-bond acceptors (Lipinski definition) is 3. The molecule has 0 bridgehead atoms. The van der Waals surface area contributed by atoms with Crippen LogP contribution in [0.15, 0.2) is 36.8 Å². The Morgan fingerprint density at radius 3 is 2.75 bits per heavy atom. The second-order valence-electron chi connectivity index (χ2n) is 3.55. The molecule has 0 saturated heterocycles. The van der Waals surface area contributed by atoms with Gasteiger partial charge in [-0.3, -0.25) is 0 Å². The minimum atomic E-state index is -0.763. The lowest BCUT2D eigenvalue weighted by molar-refractivity contribution is 0.215. The lowest BCUT2D eigenvalue weighted by atomic mass is 10.0. The van der Waals surface area contributed by atoms with E-state index in [1.807, 2.05) is 19.1 Å². The van der Waals surface area contributed by atoms with E-state index >= 15 is 0 Å². The number of rotatable bonds is 2. The van der Waals surface area contributed by atoms with Gasteiger partial charge in [-0.15, -0.1) is 0 Å². The summed E-state index contributed by atoms with van der Waals surface area (Å²) >= 11 is 6.00. The Hall–Kier alpha value is -1.45. The summed E-state index contributed by atoms with van der Waals surface area (Å²) in [6.45, 7) is 1.92. The summed E-state index contributed by atoms with van der Waals surface area (Å²) in [5.41, 5.74) is 2.28. The van der Waals surface area contributed by atoms with Crippen LogP contribution >= 0.6 is 11.6 Å². The number of aliphatic hydroxyl groups is 1. The highest BCUT2D eigenvalue weighted by molar-refractivity contribution is 6.31. The number of hydrogen-bond donors (Lipinski definition) is 1. The molecule has 0 aliphatic carbocycles. The number of benzene rings is 1. The van der Waals surface area contributed by atoms with Crippen molar-refractivity contribution in [1.82, 2.24) is 9.97 Å². The zero-order valence-electron chi connectivity index (χ0n) is 8.76. The Balaban J connectivity index is 2.34. The molecule has 0 aliphatic rings. The molecule has 1 unspecified atom stereocenters. The fourth-order valence-electron chi connectivity index (χ4n) is 1.41. The average molecular weight is 235 g/mol. The molecule has 2 rings (SSSR count). The molecule has 2 aromatic rings. The molecule has 0 radical (unpaired) electrons. The van der Waals surface area contributed by atoms with Crippen LogP contribution in [-0.2, 0) is 0 Å². The maximum Gasteiger partial charge on any atom is 0.121 e. The van der Waals surface area contributed by atoms with Gasteiger partial charge in [-0.25, -0.2) is 9.97 Å². The first-order valence-electron chi connectivity index (χ1n) is 4.88. The molecular formula is C12H11ClN2O. The van der Waals surface area contributed by atoms with Crippen LogP contribution in [0.1, 0.15) is 22.9 Å². The van der Waals surface area contributed by atoms with Gasteiger partial charge in [-0.2, -0.15) is 0 Å². The monoisotopic (exact) mass is 234 g/mol. The highest BCUT2D eigenvalue weighted by Crippen LogP contribution is 2.24. The van der Waals surface area contributed by atoms with Crippen molar-refractivity contribution in [2.45, 2.75) is 13.0 Å². The third-order valence-corrected chi connectivity index (χ3v) is 2.80. The van der Waals surface area contributed by atoms with Crippen molar-refractivity contribution in [1.29, 1.82) is 0 Å². The van der Waals surface area contributed by atoms with E-state index in [0.29, 0.717) is 10.7 Å². The zero-order chi connectivity index (χ0) is 11.5. The number of aryl methyl sites for hydroxylation is 1. The van der Waals surface area contributed by atoms with Gasteiger partial charge in [0.05, 0.1) is 5.69 Å². The van der Waals surface area contributed by atoms with E-state index in [2.05, 4.69) is 9.97 Å². The molecule has 3 nitrogen and oxygen atoms in total. The molecule has 82 valence electrons. The number of aliphatic hydroxyl groups excluding tert-OH is 1. The normalized spacial score (nSPS) is 12.4. The number of nitrogens with zero attached hydrogens (tertiary/aromatic N) is 2. The van der Waals surface area contributed by atoms with Gasteiger partial charge in [0.1, 0.15) is 12.4 Å². The highest BCUT2D eigenvalue weighted by Gasteiger charge is 2.12. The third-order valence-electron chi connectivity index (χ3n) is 2.40. The average Bonchev–Trinajstić information content (AvgIpc) is 2.33. The van der Waals surface area contributed by atoms with Crippen LogP contribution < -0.4 is 0 Å². The Bertz CT molecular complexity index is 488. The largest absolute Gasteiger partial charge is 0.382 e. The van der Waals surface area contributed by atoms with E-state index in [-0.39, 0.29) is 0 Å². The lowest BCUT2D eigenvalue weighted by Gasteiger charge is -2.11. The predicted molar refractivity (Wildman–Crippen MR) is 62.3 cm³/mol. The van der Waals surface area contributed by atoms with Gasteiger partial charge in [0.2, 0.25) is 0 Å². The highest BCUT2D eigenvalue weighted by atomic mass is 35.5. The maximum atomic E-state index is 10.1. The Morgan fingerprint density at radius 1 is 1.31 bits per heavy atom. The first kappa shape index (κ1) is 11.0. The third kappa shape index (κ3) is 2.21. The fraction of sp³-hybridized carbons (Fsp3) is 0.167. The molecule has 4 heteroatoms. The fourth-order valence-corrected chi connectivity index (χ4v) is 1.60. The van der Waals surface area contributed by atoms with E-state index in [1.54, 1.807) is 18.3 Å². The lowest BCUT2D eigenvalue weighted by Crippen LogP contribution is -2.02. The van der Waals surface area contributed by atoms with Gasteiger partial charge < -0.3 is 5.11 Å². The molecule has 0 amide bonds. The Labute approximate surface area is 98.8 Å². The first-order chi connectivity index (χ1) is 7.68. The molecule has 0 spiro atoms. The zero-order valence-corrected chi connectivity index (χ0v) is 9.52. The number of aromatic nitrogens is 2. The molecular weight excluding hydrogens is 224 g/mol. The molecule has 1 aromatic carbocycles.